The van der Waals surface area contributed by atoms with E-state index >= 15 is 0 Å². The lowest BCUT2D eigenvalue weighted by molar-refractivity contribution is -0.116. The Bertz CT molecular complexity index is 1100. The Morgan fingerprint density at radius 2 is 1.86 bits per heavy atom. The highest BCUT2D eigenvalue weighted by molar-refractivity contribution is 7.98. The molecule has 0 aliphatic carbocycles. The maximum Gasteiger partial charge on any atom is 0.257 e. The summed E-state index contributed by atoms with van der Waals surface area (Å²) in [5.74, 6) is 0.115. The van der Waals surface area contributed by atoms with Crippen LogP contribution < -0.4 is 15.6 Å². The number of nitrogens with one attached hydrogen (secondary N) is 2. The summed E-state index contributed by atoms with van der Waals surface area (Å²) in [6.45, 7) is 0.315. The van der Waals surface area contributed by atoms with Crippen LogP contribution in [0.1, 0.15) is 29.0 Å². The summed E-state index contributed by atoms with van der Waals surface area (Å²) < 4.78 is 18.7. The maximum absolute atomic E-state index is 13.0. The molecule has 0 fully saturated rings. The van der Waals surface area contributed by atoms with E-state index in [1.165, 1.54) is 23.9 Å². The van der Waals surface area contributed by atoms with Gasteiger partial charge in [-0.15, -0.1) is 0 Å². The van der Waals surface area contributed by atoms with Crippen molar-refractivity contribution in [1.82, 2.24) is 9.97 Å². The monoisotopic (exact) mass is 411 g/mol. The lowest BCUT2D eigenvalue weighted by Gasteiger charge is -2.24. The van der Waals surface area contributed by atoms with Crippen LogP contribution in [0.4, 0.5) is 10.2 Å². The topological polar surface area (TPSA) is 84.1 Å². The van der Waals surface area contributed by atoms with E-state index in [9.17, 15) is 14.0 Å². The standard InChI is InChI=1S/C21H18FN3O3S/c1-29-21-24-19-18(20(27)25-21)16(10-17(26)23-19)13-4-8-15(9-5-13)28-11-12-2-6-14(22)7-3-12/h2-9,16H,10-11H2,1H3,(H2,23,24,25,26,27). The molecule has 0 spiro atoms. The summed E-state index contributed by atoms with van der Waals surface area (Å²) >= 11 is 1.31. The highest BCUT2D eigenvalue weighted by Crippen LogP contribution is 2.35. The fourth-order valence-corrected chi connectivity index (χ4v) is 3.65. The zero-order valence-electron chi connectivity index (χ0n) is 15.6. The van der Waals surface area contributed by atoms with Crippen LogP contribution in [-0.2, 0) is 11.4 Å². The second kappa shape index (κ2) is 8.08. The number of anilines is 1. The molecule has 0 radical (unpaired) electrons. The van der Waals surface area contributed by atoms with Gasteiger partial charge in [0.05, 0.1) is 5.56 Å². The minimum Gasteiger partial charge on any atom is -0.489 e. The number of carbonyl (C=O) groups excluding carboxylic acids is 1. The third-order valence-corrected chi connectivity index (χ3v) is 5.30. The lowest BCUT2D eigenvalue weighted by atomic mass is 9.87. The van der Waals surface area contributed by atoms with E-state index in [4.69, 9.17) is 4.74 Å². The number of benzene rings is 2. The van der Waals surface area contributed by atoms with E-state index in [1.807, 2.05) is 12.1 Å². The van der Waals surface area contributed by atoms with Crippen LogP contribution in [0, 0.1) is 5.82 Å². The van der Waals surface area contributed by atoms with Crippen molar-refractivity contribution < 1.29 is 13.9 Å². The predicted octanol–water partition coefficient (Wildman–Crippen LogP) is 3.68. The van der Waals surface area contributed by atoms with E-state index in [0.717, 1.165) is 11.1 Å². The molecule has 1 atom stereocenters. The average molecular weight is 411 g/mol. The number of carbonyl (C=O) groups is 1. The number of nitrogens with zero attached hydrogens (tertiary/aromatic N) is 1. The first-order chi connectivity index (χ1) is 14.0. The van der Waals surface area contributed by atoms with Crippen LogP contribution in [0.5, 0.6) is 5.75 Å². The third kappa shape index (κ3) is 4.17. The van der Waals surface area contributed by atoms with Crippen molar-refractivity contribution in [2.45, 2.75) is 24.1 Å². The van der Waals surface area contributed by atoms with Gasteiger partial charge in [-0.25, -0.2) is 9.37 Å². The highest BCUT2D eigenvalue weighted by Gasteiger charge is 2.30. The Morgan fingerprint density at radius 1 is 1.14 bits per heavy atom. The molecule has 1 aliphatic heterocycles. The number of amides is 1. The molecule has 0 saturated carbocycles. The molecule has 1 aliphatic rings. The van der Waals surface area contributed by atoms with Gasteiger partial charge in [0.1, 0.15) is 24.0 Å². The first-order valence-corrected chi connectivity index (χ1v) is 10.2. The summed E-state index contributed by atoms with van der Waals surface area (Å²) in [6.07, 6.45) is 1.98. The number of hydrogen-bond donors (Lipinski definition) is 2. The van der Waals surface area contributed by atoms with Crippen LogP contribution in [0.2, 0.25) is 0 Å². The fourth-order valence-electron chi connectivity index (χ4n) is 3.28. The Morgan fingerprint density at radius 3 is 2.55 bits per heavy atom. The van der Waals surface area contributed by atoms with Gasteiger partial charge >= 0.3 is 0 Å². The van der Waals surface area contributed by atoms with Gasteiger partial charge in [-0.2, -0.15) is 0 Å². The summed E-state index contributed by atoms with van der Waals surface area (Å²) in [4.78, 5) is 31.8. The van der Waals surface area contributed by atoms with Gasteiger partial charge in [0.25, 0.3) is 5.56 Å². The van der Waals surface area contributed by atoms with Crippen LogP contribution >= 0.6 is 11.8 Å². The molecule has 2 aromatic carbocycles. The Kier molecular flexibility index (Phi) is 5.35. The van der Waals surface area contributed by atoms with Crippen LogP contribution in [-0.4, -0.2) is 22.1 Å². The van der Waals surface area contributed by atoms with Crippen LogP contribution in [0.25, 0.3) is 0 Å². The lowest BCUT2D eigenvalue weighted by Crippen LogP contribution is -2.31. The zero-order chi connectivity index (χ0) is 20.4. The Hall–Kier alpha value is -3.13. The van der Waals surface area contributed by atoms with E-state index < -0.39 is 0 Å². The van der Waals surface area contributed by atoms with Gasteiger partial charge in [0, 0.05) is 12.3 Å². The van der Waals surface area contributed by atoms with Crippen molar-refractivity contribution in [2.24, 2.45) is 0 Å². The minimum absolute atomic E-state index is 0.173. The summed E-state index contributed by atoms with van der Waals surface area (Å²) in [7, 11) is 0. The first-order valence-electron chi connectivity index (χ1n) is 8.99. The smallest absolute Gasteiger partial charge is 0.257 e. The number of ether oxygens (including phenoxy) is 1. The van der Waals surface area contributed by atoms with Crippen molar-refractivity contribution in [1.29, 1.82) is 0 Å². The van der Waals surface area contributed by atoms with Crippen LogP contribution in [0.3, 0.4) is 0 Å². The normalized spacial score (nSPS) is 15.5. The minimum atomic E-state index is -0.378. The quantitative estimate of drug-likeness (QED) is 0.494. The van der Waals surface area contributed by atoms with Gasteiger partial charge in [-0.3, -0.25) is 9.59 Å². The highest BCUT2D eigenvalue weighted by atomic mass is 32.2. The molecular formula is C21H18FN3O3S. The summed E-state index contributed by atoms with van der Waals surface area (Å²) in [6, 6.07) is 13.4. The molecule has 4 rings (SSSR count). The van der Waals surface area contributed by atoms with Crippen molar-refractivity contribution in [3.05, 3.63) is 81.4 Å². The molecule has 148 valence electrons. The van der Waals surface area contributed by atoms with Crippen molar-refractivity contribution in [3.8, 4) is 5.75 Å². The molecular weight excluding hydrogens is 393 g/mol. The second-order valence-corrected chi connectivity index (χ2v) is 7.42. The number of hydrogen-bond acceptors (Lipinski definition) is 5. The van der Waals surface area contributed by atoms with Gasteiger partial charge in [-0.1, -0.05) is 36.0 Å². The number of aromatic nitrogens is 2. The van der Waals surface area contributed by atoms with E-state index in [-0.39, 0.29) is 29.6 Å². The average Bonchev–Trinajstić information content (AvgIpc) is 2.72. The van der Waals surface area contributed by atoms with Gasteiger partial charge in [0.15, 0.2) is 5.16 Å². The maximum atomic E-state index is 13.0. The number of thioether (sulfide) groups is 1. The molecule has 2 N–H and O–H groups in total. The molecule has 8 heteroatoms. The number of halogens is 1. The fraction of sp³-hybridized carbons (Fsp3) is 0.190. The van der Waals surface area contributed by atoms with E-state index in [2.05, 4.69) is 15.3 Å². The van der Waals surface area contributed by atoms with Crippen molar-refractivity contribution in [3.63, 3.8) is 0 Å². The third-order valence-electron chi connectivity index (χ3n) is 4.72. The summed E-state index contributed by atoms with van der Waals surface area (Å²) in [5.41, 5.74) is 1.90. The number of rotatable bonds is 5. The van der Waals surface area contributed by atoms with E-state index in [1.54, 1.807) is 30.5 Å². The van der Waals surface area contributed by atoms with E-state index in [0.29, 0.717) is 28.9 Å². The molecule has 0 saturated heterocycles. The molecule has 6 nitrogen and oxygen atoms in total. The molecule has 1 aromatic heterocycles. The first kappa shape index (κ1) is 19.2. The zero-order valence-corrected chi connectivity index (χ0v) is 16.4. The van der Waals surface area contributed by atoms with Crippen LogP contribution in [0.15, 0.2) is 58.5 Å². The molecule has 2 heterocycles. The number of fused-ring (bicyclic) bond motifs is 1. The largest absolute Gasteiger partial charge is 0.489 e. The Balaban J connectivity index is 1.55. The molecule has 29 heavy (non-hydrogen) atoms. The van der Waals surface area contributed by atoms with Gasteiger partial charge in [0.2, 0.25) is 5.91 Å². The van der Waals surface area contributed by atoms with Crippen molar-refractivity contribution in [2.75, 3.05) is 11.6 Å². The molecule has 3 aromatic rings. The molecule has 1 amide bonds. The second-order valence-electron chi connectivity index (χ2n) is 6.63. The number of H-pyrrole nitrogens is 1. The SMILES string of the molecule is CSc1nc2c(c(=O)[nH]1)C(c1ccc(OCc3ccc(F)cc3)cc1)CC(=O)N2. The van der Waals surface area contributed by atoms with Crippen molar-refractivity contribution >= 4 is 23.5 Å². The van der Waals surface area contributed by atoms with Gasteiger partial charge in [-0.05, 0) is 41.6 Å². The molecule has 0 bridgehead atoms. The predicted molar refractivity (Wildman–Crippen MR) is 109 cm³/mol. The van der Waals surface area contributed by atoms with Gasteiger partial charge < -0.3 is 15.0 Å². The summed E-state index contributed by atoms with van der Waals surface area (Å²) in [5, 5.41) is 3.15. The molecule has 1 unspecified atom stereocenters. The Labute approximate surface area is 170 Å². The number of aromatic amines is 1.